The molecule has 0 aromatic heterocycles. The van der Waals surface area contributed by atoms with E-state index in [-0.39, 0.29) is 18.0 Å². The lowest BCUT2D eigenvalue weighted by Crippen LogP contribution is -2.05. The average molecular weight is 335 g/mol. The SMILES string of the molecule is O=C(Cc1cc(F)ccc1Br)c1ccc2c(c1)COC2. The molecule has 0 fully saturated rings. The van der Waals surface area contributed by atoms with Gasteiger partial charge in [0.1, 0.15) is 5.82 Å². The first kappa shape index (κ1) is 13.5. The first-order chi connectivity index (χ1) is 9.63. The fourth-order valence-electron chi connectivity index (χ4n) is 2.30. The Balaban J connectivity index is 1.84. The first-order valence-corrected chi connectivity index (χ1v) is 7.09. The molecule has 1 aliphatic rings. The van der Waals surface area contributed by atoms with Crippen molar-refractivity contribution in [1.82, 2.24) is 0 Å². The molecule has 1 aliphatic heterocycles. The van der Waals surface area contributed by atoms with Crippen molar-refractivity contribution in [1.29, 1.82) is 0 Å². The molecule has 0 aliphatic carbocycles. The Labute approximate surface area is 124 Å². The molecule has 1 heterocycles. The van der Waals surface area contributed by atoms with E-state index >= 15 is 0 Å². The van der Waals surface area contributed by atoms with Crippen LogP contribution in [0.25, 0.3) is 0 Å². The van der Waals surface area contributed by atoms with Gasteiger partial charge in [-0.15, -0.1) is 0 Å². The van der Waals surface area contributed by atoms with Crippen LogP contribution in [-0.4, -0.2) is 5.78 Å². The van der Waals surface area contributed by atoms with Gasteiger partial charge >= 0.3 is 0 Å². The molecule has 2 aromatic carbocycles. The van der Waals surface area contributed by atoms with Crippen molar-refractivity contribution < 1.29 is 13.9 Å². The Morgan fingerprint density at radius 3 is 2.80 bits per heavy atom. The second kappa shape index (κ2) is 5.46. The second-order valence-corrected chi connectivity index (χ2v) is 5.67. The first-order valence-electron chi connectivity index (χ1n) is 6.30. The highest BCUT2D eigenvalue weighted by Crippen LogP contribution is 2.23. The van der Waals surface area contributed by atoms with Crippen molar-refractivity contribution in [2.45, 2.75) is 19.6 Å². The van der Waals surface area contributed by atoms with Crippen LogP contribution in [0.1, 0.15) is 27.0 Å². The van der Waals surface area contributed by atoms with Gasteiger partial charge in [-0.05, 0) is 41.0 Å². The standard InChI is InChI=1S/C16H12BrFO2/c17-15-4-3-14(18)6-12(15)7-16(19)10-1-2-11-8-20-9-13(11)5-10/h1-6H,7-9H2. The maximum atomic E-state index is 13.2. The molecule has 4 heteroatoms. The molecule has 2 nitrogen and oxygen atoms in total. The zero-order chi connectivity index (χ0) is 14.1. The van der Waals surface area contributed by atoms with E-state index < -0.39 is 0 Å². The van der Waals surface area contributed by atoms with E-state index in [0.717, 1.165) is 15.6 Å². The topological polar surface area (TPSA) is 26.3 Å². The lowest BCUT2D eigenvalue weighted by Gasteiger charge is -2.06. The fraction of sp³-hybridized carbons (Fsp3) is 0.188. The minimum absolute atomic E-state index is 0.0222. The molecule has 3 rings (SSSR count). The van der Waals surface area contributed by atoms with Crippen LogP contribution in [0, 0.1) is 5.82 Å². The van der Waals surface area contributed by atoms with E-state index in [0.29, 0.717) is 24.3 Å². The highest BCUT2D eigenvalue weighted by atomic mass is 79.9. The number of rotatable bonds is 3. The minimum Gasteiger partial charge on any atom is -0.372 e. The Morgan fingerprint density at radius 1 is 1.15 bits per heavy atom. The van der Waals surface area contributed by atoms with Crippen molar-refractivity contribution in [3.8, 4) is 0 Å². The molecular weight excluding hydrogens is 323 g/mol. The Morgan fingerprint density at radius 2 is 1.95 bits per heavy atom. The molecule has 0 N–H and O–H groups in total. The molecule has 0 saturated heterocycles. The summed E-state index contributed by atoms with van der Waals surface area (Å²) in [5, 5.41) is 0. The highest BCUT2D eigenvalue weighted by molar-refractivity contribution is 9.10. The third-order valence-corrected chi connectivity index (χ3v) is 4.18. The van der Waals surface area contributed by atoms with E-state index in [1.165, 1.54) is 12.1 Å². The van der Waals surface area contributed by atoms with Gasteiger partial charge in [0.2, 0.25) is 0 Å². The van der Waals surface area contributed by atoms with Crippen molar-refractivity contribution in [2.75, 3.05) is 0 Å². The summed E-state index contributed by atoms with van der Waals surface area (Å²) in [4.78, 5) is 12.3. The van der Waals surface area contributed by atoms with Gasteiger partial charge < -0.3 is 4.74 Å². The summed E-state index contributed by atoms with van der Waals surface area (Å²) in [6, 6.07) is 9.98. The summed E-state index contributed by atoms with van der Waals surface area (Å²) in [5.41, 5.74) is 3.50. The predicted octanol–water partition coefficient (Wildman–Crippen LogP) is 4.04. The number of ether oxygens (including phenoxy) is 1. The van der Waals surface area contributed by atoms with Crippen LogP contribution in [-0.2, 0) is 24.4 Å². The number of Topliss-reactive ketones (excluding diaryl/α,β-unsaturated/α-hetero) is 1. The molecular formula is C16H12BrFO2. The summed E-state index contributed by atoms with van der Waals surface area (Å²) < 4.78 is 19.3. The van der Waals surface area contributed by atoms with Gasteiger partial charge in [0, 0.05) is 16.5 Å². The lowest BCUT2D eigenvalue weighted by atomic mass is 9.99. The second-order valence-electron chi connectivity index (χ2n) is 4.81. The smallest absolute Gasteiger partial charge is 0.167 e. The molecule has 102 valence electrons. The Bertz CT molecular complexity index is 682. The maximum Gasteiger partial charge on any atom is 0.167 e. The Hall–Kier alpha value is -1.52. The van der Waals surface area contributed by atoms with Gasteiger partial charge in [0.15, 0.2) is 5.78 Å². The number of ketones is 1. The molecule has 2 aromatic rings. The van der Waals surface area contributed by atoms with Gasteiger partial charge in [0.25, 0.3) is 0 Å². The predicted molar refractivity (Wildman–Crippen MR) is 77.1 cm³/mol. The van der Waals surface area contributed by atoms with Gasteiger partial charge in [-0.25, -0.2) is 4.39 Å². The number of benzene rings is 2. The minimum atomic E-state index is -0.335. The summed E-state index contributed by atoms with van der Waals surface area (Å²) in [6.45, 7) is 1.17. The summed E-state index contributed by atoms with van der Waals surface area (Å²) >= 11 is 3.34. The summed E-state index contributed by atoms with van der Waals surface area (Å²) in [5.74, 6) is -0.357. The quantitative estimate of drug-likeness (QED) is 0.791. The van der Waals surface area contributed by atoms with Crippen molar-refractivity contribution in [3.05, 3.63) is 68.9 Å². The molecule has 0 amide bonds. The third-order valence-electron chi connectivity index (χ3n) is 3.40. The largest absolute Gasteiger partial charge is 0.372 e. The average Bonchev–Trinajstić information content (AvgIpc) is 2.90. The molecule has 0 atom stereocenters. The number of carbonyl (C=O) groups excluding carboxylic acids is 1. The Kier molecular flexibility index (Phi) is 3.68. The molecule has 20 heavy (non-hydrogen) atoms. The molecule has 0 unspecified atom stereocenters. The van der Waals surface area contributed by atoms with Crippen LogP contribution >= 0.6 is 15.9 Å². The zero-order valence-electron chi connectivity index (χ0n) is 10.7. The van der Waals surface area contributed by atoms with Crippen LogP contribution in [0.15, 0.2) is 40.9 Å². The third kappa shape index (κ3) is 2.67. The maximum absolute atomic E-state index is 13.2. The fourth-order valence-corrected chi connectivity index (χ4v) is 2.69. The van der Waals surface area contributed by atoms with E-state index in [1.807, 2.05) is 18.2 Å². The van der Waals surface area contributed by atoms with Gasteiger partial charge in [0.05, 0.1) is 13.2 Å². The molecule has 0 radical (unpaired) electrons. The highest BCUT2D eigenvalue weighted by Gasteiger charge is 2.15. The van der Waals surface area contributed by atoms with Crippen LogP contribution in [0.5, 0.6) is 0 Å². The molecule has 0 bridgehead atoms. The zero-order valence-corrected chi connectivity index (χ0v) is 12.2. The van der Waals surface area contributed by atoms with Crippen molar-refractivity contribution in [2.24, 2.45) is 0 Å². The van der Waals surface area contributed by atoms with E-state index in [9.17, 15) is 9.18 Å². The number of hydrogen-bond donors (Lipinski definition) is 0. The van der Waals surface area contributed by atoms with Gasteiger partial charge in [-0.1, -0.05) is 28.1 Å². The number of hydrogen-bond acceptors (Lipinski definition) is 2. The monoisotopic (exact) mass is 334 g/mol. The summed E-state index contributed by atoms with van der Waals surface area (Å²) in [7, 11) is 0. The van der Waals surface area contributed by atoms with Gasteiger partial charge in [-0.2, -0.15) is 0 Å². The number of carbonyl (C=O) groups is 1. The normalized spacial score (nSPS) is 13.3. The van der Waals surface area contributed by atoms with Crippen LogP contribution in [0.2, 0.25) is 0 Å². The molecule has 0 saturated carbocycles. The van der Waals surface area contributed by atoms with Crippen molar-refractivity contribution >= 4 is 21.7 Å². The van der Waals surface area contributed by atoms with E-state index in [4.69, 9.17) is 4.74 Å². The van der Waals surface area contributed by atoms with Crippen molar-refractivity contribution in [3.63, 3.8) is 0 Å². The van der Waals surface area contributed by atoms with E-state index in [2.05, 4.69) is 15.9 Å². The lowest BCUT2D eigenvalue weighted by molar-refractivity contribution is 0.0992. The van der Waals surface area contributed by atoms with Gasteiger partial charge in [-0.3, -0.25) is 4.79 Å². The number of halogens is 2. The van der Waals surface area contributed by atoms with Crippen LogP contribution in [0.4, 0.5) is 4.39 Å². The van der Waals surface area contributed by atoms with E-state index in [1.54, 1.807) is 6.07 Å². The van der Waals surface area contributed by atoms with Crippen LogP contribution < -0.4 is 0 Å². The molecule has 0 spiro atoms. The number of fused-ring (bicyclic) bond motifs is 1. The van der Waals surface area contributed by atoms with Crippen LogP contribution in [0.3, 0.4) is 0 Å². The summed E-state index contributed by atoms with van der Waals surface area (Å²) in [6.07, 6.45) is 0.179.